The molecular formula is C63H63ClN2OS. The molecule has 2 aliphatic rings. The van der Waals surface area contributed by atoms with Gasteiger partial charge in [-0.3, -0.25) is 0 Å². The quantitative estimate of drug-likeness (QED) is 0.166. The van der Waals surface area contributed by atoms with Crippen molar-refractivity contribution in [2.75, 3.05) is 9.80 Å². The van der Waals surface area contributed by atoms with Gasteiger partial charge >= 0.3 is 0 Å². The van der Waals surface area contributed by atoms with Crippen LogP contribution in [-0.2, 0) is 27.1 Å². The fourth-order valence-electron chi connectivity index (χ4n) is 11.7. The molecule has 0 fully saturated rings. The van der Waals surface area contributed by atoms with E-state index in [0.717, 1.165) is 74.5 Å². The molecule has 2 aromatic heterocycles. The van der Waals surface area contributed by atoms with Crippen LogP contribution in [-0.4, -0.2) is 0 Å². The van der Waals surface area contributed by atoms with Gasteiger partial charge < -0.3 is 14.2 Å². The maximum Gasteiger partial charge on any atom is 0.159 e. The Morgan fingerprint density at radius 3 is 1.75 bits per heavy atom. The fraction of sp³-hybridized carbons (Fsp3) is 0.302. The molecule has 9 aromatic rings. The van der Waals surface area contributed by atoms with Gasteiger partial charge in [-0.15, -0.1) is 11.3 Å². The summed E-state index contributed by atoms with van der Waals surface area (Å²) < 4.78 is 8.15. The number of hydrogen-bond acceptors (Lipinski definition) is 4. The molecule has 2 heterocycles. The van der Waals surface area contributed by atoms with Gasteiger partial charge in [0.25, 0.3) is 0 Å². The van der Waals surface area contributed by atoms with Gasteiger partial charge in [0.1, 0.15) is 5.58 Å². The van der Waals surface area contributed by atoms with Crippen LogP contribution in [0.1, 0.15) is 134 Å². The van der Waals surface area contributed by atoms with Gasteiger partial charge in [0.2, 0.25) is 0 Å². The first-order valence-corrected chi connectivity index (χ1v) is 25.6. The fourth-order valence-corrected chi connectivity index (χ4v) is 12.9. The van der Waals surface area contributed by atoms with Crippen molar-refractivity contribution < 1.29 is 4.42 Å². The normalized spacial score (nSPS) is 16.7. The average Bonchev–Trinajstić information content (AvgIpc) is 3.91. The minimum atomic E-state index is -0.256. The third-order valence-corrected chi connectivity index (χ3v) is 17.3. The number of anilines is 6. The van der Waals surface area contributed by atoms with E-state index in [4.69, 9.17) is 16.0 Å². The Kier molecular flexibility index (Phi) is 10.1. The molecule has 7 aromatic carbocycles. The summed E-state index contributed by atoms with van der Waals surface area (Å²) in [4.78, 5) is 4.82. The molecule has 0 atom stereocenters. The summed E-state index contributed by atoms with van der Waals surface area (Å²) in [6, 6.07) is 49.8. The van der Waals surface area contributed by atoms with Crippen LogP contribution in [0.25, 0.3) is 32.0 Å². The number of fused-ring (bicyclic) bond motifs is 7. The lowest BCUT2D eigenvalue weighted by atomic mass is 9.60. The van der Waals surface area contributed by atoms with Gasteiger partial charge in [-0.2, -0.15) is 0 Å². The first-order chi connectivity index (χ1) is 32.2. The van der Waals surface area contributed by atoms with Crippen molar-refractivity contribution in [2.45, 2.75) is 123 Å². The van der Waals surface area contributed by atoms with E-state index in [9.17, 15) is 0 Å². The molecule has 11 rings (SSSR count). The maximum atomic E-state index is 8.27. The molecule has 2 aliphatic carbocycles. The molecule has 0 unspecified atom stereocenters. The number of para-hydroxylation sites is 2. The van der Waals surface area contributed by atoms with E-state index >= 15 is 0 Å². The largest absolute Gasteiger partial charge is 0.454 e. The lowest BCUT2D eigenvalue weighted by molar-refractivity contribution is 0.332. The zero-order valence-corrected chi connectivity index (χ0v) is 43.4. The highest BCUT2D eigenvalue weighted by molar-refractivity contribution is 7.17. The van der Waals surface area contributed by atoms with E-state index in [1.807, 2.05) is 6.07 Å². The van der Waals surface area contributed by atoms with Crippen molar-refractivity contribution in [1.82, 2.24) is 0 Å². The number of furan rings is 1. The van der Waals surface area contributed by atoms with Crippen LogP contribution in [0.5, 0.6) is 0 Å². The molecule has 0 radical (unpaired) electrons. The minimum Gasteiger partial charge on any atom is -0.454 e. The van der Waals surface area contributed by atoms with Gasteiger partial charge in [0.05, 0.1) is 27.8 Å². The number of halogens is 1. The Bertz CT molecular complexity index is 3500. The summed E-state index contributed by atoms with van der Waals surface area (Å²) in [6.07, 6.45) is 2.29. The van der Waals surface area contributed by atoms with Crippen molar-refractivity contribution in [3.05, 3.63) is 188 Å². The maximum absolute atomic E-state index is 8.27. The van der Waals surface area contributed by atoms with Gasteiger partial charge in [-0.25, -0.2) is 0 Å². The van der Waals surface area contributed by atoms with Gasteiger partial charge in [-0.1, -0.05) is 161 Å². The van der Waals surface area contributed by atoms with Crippen LogP contribution in [0.4, 0.5) is 34.1 Å². The summed E-state index contributed by atoms with van der Waals surface area (Å²) in [7, 11) is 0. The van der Waals surface area contributed by atoms with Crippen molar-refractivity contribution >= 4 is 89.1 Å². The SMILES string of the molecule is Cc1cc(N(c2ccc3c(c2)C(C)(C)CCC3(C)C)c2csc3ccc(C(C)(C)C)cc23)c(Cl)c(N(c2ccc3c(c2)C(C)(C)c2ccccc2C3(C)C)c2cccc3c2oc2ccccc23)c1. The standard InChI is InChI=1S/C63H63ClN2OS/c1-38-32-52(57(64)53(33-38)66(54-37-68-56-29-24-39(34-44(54)56)59(2,3)4)40-25-27-45-49(35-40)61(7,8)31-30-60(45,5)6)65(51-22-17-19-43-42-18-13-16-23-55(42)67-58(43)51)41-26-28-48-50(36-41)63(11,12)47-21-15-14-20-46(47)62(48,9)10/h13-29,32-37H,30-31H2,1-12H3. The number of thiophene rings is 1. The van der Waals surface area contributed by atoms with Crippen LogP contribution in [0.3, 0.4) is 0 Å². The third kappa shape index (κ3) is 6.87. The van der Waals surface area contributed by atoms with Gasteiger partial charge in [-0.05, 0) is 141 Å². The summed E-state index contributed by atoms with van der Waals surface area (Å²) in [5.74, 6) is 0. The summed E-state index contributed by atoms with van der Waals surface area (Å²) in [6.45, 7) is 28.2. The molecule has 0 aliphatic heterocycles. The molecule has 344 valence electrons. The lowest BCUT2D eigenvalue weighted by Crippen LogP contribution is -2.36. The Balaban J connectivity index is 1.20. The predicted molar refractivity (Wildman–Crippen MR) is 293 cm³/mol. The van der Waals surface area contributed by atoms with Crippen LogP contribution in [0, 0.1) is 6.92 Å². The first kappa shape index (κ1) is 44.7. The predicted octanol–water partition coefficient (Wildman–Crippen LogP) is 19.3. The zero-order valence-electron chi connectivity index (χ0n) is 41.8. The van der Waals surface area contributed by atoms with Crippen molar-refractivity contribution in [2.24, 2.45) is 0 Å². The highest BCUT2D eigenvalue weighted by atomic mass is 35.5. The molecule has 0 saturated heterocycles. The third-order valence-electron chi connectivity index (χ3n) is 15.9. The Morgan fingerprint density at radius 1 is 0.515 bits per heavy atom. The number of benzene rings is 7. The molecule has 0 bridgehead atoms. The number of aryl methyl sites for hydroxylation is 1. The Labute approximate surface area is 412 Å². The highest BCUT2D eigenvalue weighted by Gasteiger charge is 2.42. The molecule has 0 saturated carbocycles. The second-order valence-electron chi connectivity index (χ2n) is 23.1. The zero-order chi connectivity index (χ0) is 47.9. The van der Waals surface area contributed by atoms with E-state index in [1.165, 1.54) is 49.0 Å². The molecule has 5 heteroatoms. The van der Waals surface area contributed by atoms with Crippen LogP contribution >= 0.6 is 22.9 Å². The summed E-state index contributed by atoms with van der Waals surface area (Å²) in [5, 5.41) is 6.38. The van der Waals surface area contributed by atoms with E-state index < -0.39 is 0 Å². The van der Waals surface area contributed by atoms with E-state index in [0.29, 0.717) is 5.02 Å². The second kappa shape index (κ2) is 15.3. The topological polar surface area (TPSA) is 19.6 Å². The average molecular weight is 932 g/mol. The van der Waals surface area contributed by atoms with Crippen LogP contribution < -0.4 is 9.80 Å². The molecule has 0 N–H and O–H groups in total. The molecule has 0 amide bonds. The molecular weight excluding hydrogens is 868 g/mol. The molecule has 3 nitrogen and oxygen atoms in total. The van der Waals surface area contributed by atoms with E-state index in [1.54, 1.807) is 11.3 Å². The Hall–Kier alpha value is -5.81. The first-order valence-electron chi connectivity index (χ1n) is 24.4. The van der Waals surface area contributed by atoms with Crippen molar-refractivity contribution in [3.8, 4) is 0 Å². The number of rotatable bonds is 6. The monoisotopic (exact) mass is 930 g/mol. The number of nitrogens with zero attached hydrogens (tertiary/aromatic N) is 2. The Morgan fingerprint density at radius 2 is 1.07 bits per heavy atom. The number of hydrogen-bond donors (Lipinski definition) is 0. The van der Waals surface area contributed by atoms with E-state index in [-0.39, 0.29) is 27.1 Å². The van der Waals surface area contributed by atoms with Crippen molar-refractivity contribution in [1.29, 1.82) is 0 Å². The van der Waals surface area contributed by atoms with Crippen LogP contribution in [0.15, 0.2) is 143 Å². The summed E-state index contributed by atoms with van der Waals surface area (Å²) >= 11 is 10.1. The smallest absolute Gasteiger partial charge is 0.159 e. The second-order valence-corrected chi connectivity index (χ2v) is 24.4. The van der Waals surface area contributed by atoms with Gasteiger partial charge in [0.15, 0.2) is 5.58 Å². The van der Waals surface area contributed by atoms with Gasteiger partial charge in [0, 0.05) is 48.4 Å². The van der Waals surface area contributed by atoms with Crippen LogP contribution in [0.2, 0.25) is 5.02 Å². The summed E-state index contributed by atoms with van der Waals surface area (Å²) in [5.41, 5.74) is 18.0. The van der Waals surface area contributed by atoms with E-state index in [2.05, 4.69) is 226 Å². The molecule has 0 spiro atoms. The highest BCUT2D eigenvalue weighted by Crippen LogP contribution is 2.56. The lowest BCUT2D eigenvalue weighted by Gasteiger charge is -2.44. The van der Waals surface area contributed by atoms with Crippen molar-refractivity contribution in [3.63, 3.8) is 0 Å². The molecule has 68 heavy (non-hydrogen) atoms. The minimum absolute atomic E-state index is 0.0155.